The third-order valence-corrected chi connectivity index (χ3v) is 6.48. The van der Waals surface area contributed by atoms with Gasteiger partial charge in [-0.2, -0.15) is 0 Å². The van der Waals surface area contributed by atoms with E-state index >= 15 is 0 Å². The van der Waals surface area contributed by atoms with E-state index in [1.54, 1.807) is 0 Å². The molecule has 0 fully saturated rings. The Balaban J connectivity index is 1.61. The van der Waals surface area contributed by atoms with Crippen molar-refractivity contribution in [3.8, 4) is 0 Å². The highest BCUT2D eigenvalue weighted by Gasteiger charge is 2.26. The first-order valence-electron chi connectivity index (χ1n) is 11.6. The minimum atomic E-state index is -0.296. The number of benzene rings is 2. The van der Waals surface area contributed by atoms with Gasteiger partial charge in [0.1, 0.15) is 0 Å². The first-order chi connectivity index (χ1) is 16.4. The van der Waals surface area contributed by atoms with Crippen LogP contribution in [0.25, 0.3) is 0 Å². The number of nitrogens with zero attached hydrogens (tertiary/aromatic N) is 3. The van der Waals surface area contributed by atoms with Gasteiger partial charge in [0.25, 0.3) is 5.91 Å². The Morgan fingerprint density at radius 2 is 1.74 bits per heavy atom. The number of aryl methyl sites for hydroxylation is 1. The van der Waals surface area contributed by atoms with E-state index in [0.717, 1.165) is 12.0 Å². The second kappa shape index (κ2) is 12.4. The van der Waals surface area contributed by atoms with E-state index < -0.39 is 0 Å². The normalized spacial score (nSPS) is 11.9. The van der Waals surface area contributed by atoms with Crippen molar-refractivity contribution < 1.29 is 9.59 Å². The Bertz CT molecular complexity index is 1080. The van der Waals surface area contributed by atoms with Crippen molar-refractivity contribution in [2.75, 3.05) is 12.3 Å². The number of aromatic nitrogens is 3. The van der Waals surface area contributed by atoms with Crippen LogP contribution in [0.3, 0.4) is 0 Å². The number of hydrogen-bond acceptors (Lipinski definition) is 5. The molecule has 0 radical (unpaired) electrons. The second-order valence-electron chi connectivity index (χ2n) is 8.52. The van der Waals surface area contributed by atoms with Crippen LogP contribution in [-0.2, 0) is 17.8 Å². The molecular weight excluding hydrogens is 446 g/mol. The Morgan fingerprint density at radius 3 is 2.38 bits per heavy atom. The number of carbonyl (C=O) groups is 2. The third-order valence-electron chi connectivity index (χ3n) is 5.52. The maximum atomic E-state index is 12.8. The fourth-order valence-electron chi connectivity index (χ4n) is 3.57. The molecule has 0 bridgehead atoms. The van der Waals surface area contributed by atoms with Gasteiger partial charge in [-0.3, -0.25) is 9.59 Å². The van der Waals surface area contributed by atoms with E-state index in [2.05, 4.69) is 33.0 Å². The summed E-state index contributed by atoms with van der Waals surface area (Å²) in [5.41, 5.74) is 2.91. The topological polar surface area (TPSA) is 88.9 Å². The molecule has 0 spiro atoms. The lowest BCUT2D eigenvalue weighted by molar-refractivity contribution is -0.118. The molecule has 3 rings (SSSR count). The van der Waals surface area contributed by atoms with Crippen LogP contribution in [0.5, 0.6) is 0 Å². The third kappa shape index (κ3) is 6.93. The Kier molecular flexibility index (Phi) is 9.27. The predicted molar refractivity (Wildman–Crippen MR) is 136 cm³/mol. The maximum Gasteiger partial charge on any atom is 0.251 e. The summed E-state index contributed by atoms with van der Waals surface area (Å²) in [5.74, 6) is 0.889. The smallest absolute Gasteiger partial charge is 0.251 e. The second-order valence-corrected chi connectivity index (χ2v) is 9.46. The van der Waals surface area contributed by atoms with Gasteiger partial charge in [-0.25, -0.2) is 0 Å². The Labute approximate surface area is 205 Å². The average molecular weight is 480 g/mol. The molecule has 1 atom stereocenters. The highest BCUT2D eigenvalue weighted by Crippen LogP contribution is 2.25. The molecular formula is C26H33N5O2S. The lowest BCUT2D eigenvalue weighted by atomic mass is 10.0. The summed E-state index contributed by atoms with van der Waals surface area (Å²) in [6.45, 7) is 9.32. The zero-order valence-electron chi connectivity index (χ0n) is 20.2. The summed E-state index contributed by atoms with van der Waals surface area (Å²) in [4.78, 5) is 25.2. The average Bonchev–Trinajstić information content (AvgIpc) is 3.24. The van der Waals surface area contributed by atoms with Crippen molar-refractivity contribution in [2.24, 2.45) is 5.92 Å². The van der Waals surface area contributed by atoms with E-state index in [1.807, 2.05) is 74.7 Å². The minimum absolute atomic E-state index is 0.0405. The van der Waals surface area contributed by atoms with Gasteiger partial charge in [0.05, 0.1) is 11.8 Å². The molecule has 3 aromatic rings. The van der Waals surface area contributed by atoms with Gasteiger partial charge in [0, 0.05) is 18.7 Å². The number of hydrogen-bond donors (Lipinski definition) is 2. The van der Waals surface area contributed by atoms with Crippen LogP contribution in [0.15, 0.2) is 59.8 Å². The van der Waals surface area contributed by atoms with Crippen LogP contribution in [0.1, 0.15) is 54.1 Å². The first-order valence-corrected chi connectivity index (χ1v) is 12.6. The van der Waals surface area contributed by atoms with E-state index in [0.29, 0.717) is 29.6 Å². The molecule has 8 heteroatoms. The standard InChI is InChI=1S/C26H33N5O2S/c1-5-31-24(23(18(2)3)28-25(33)21-13-11-19(4)12-14-21)29-30-26(31)34-17-22(32)27-16-15-20-9-7-6-8-10-20/h6-14,18,23H,5,15-17H2,1-4H3,(H,27,32)(H,28,33)/t23-/m1/s1. The van der Waals surface area contributed by atoms with Gasteiger partial charge in [0.15, 0.2) is 11.0 Å². The predicted octanol–water partition coefficient (Wildman–Crippen LogP) is 4.18. The van der Waals surface area contributed by atoms with Gasteiger partial charge >= 0.3 is 0 Å². The van der Waals surface area contributed by atoms with E-state index in [9.17, 15) is 9.59 Å². The van der Waals surface area contributed by atoms with Crippen molar-refractivity contribution in [3.05, 3.63) is 77.1 Å². The highest BCUT2D eigenvalue weighted by atomic mass is 32.2. The highest BCUT2D eigenvalue weighted by molar-refractivity contribution is 7.99. The number of amides is 2. The zero-order valence-corrected chi connectivity index (χ0v) is 21.1. The van der Waals surface area contributed by atoms with Crippen LogP contribution in [0.2, 0.25) is 0 Å². The van der Waals surface area contributed by atoms with Gasteiger partial charge in [-0.05, 0) is 43.9 Å². The number of nitrogens with one attached hydrogen (secondary N) is 2. The van der Waals surface area contributed by atoms with Gasteiger partial charge in [-0.1, -0.05) is 73.6 Å². The van der Waals surface area contributed by atoms with Crippen LogP contribution >= 0.6 is 11.8 Å². The zero-order chi connectivity index (χ0) is 24.5. The molecule has 2 N–H and O–H groups in total. The van der Waals surface area contributed by atoms with Gasteiger partial charge in [-0.15, -0.1) is 10.2 Å². The molecule has 0 aliphatic carbocycles. The fraction of sp³-hybridized carbons (Fsp3) is 0.385. The molecule has 2 amide bonds. The lowest BCUT2D eigenvalue weighted by Crippen LogP contribution is -2.33. The Morgan fingerprint density at radius 1 is 1.03 bits per heavy atom. The molecule has 0 aliphatic heterocycles. The molecule has 1 aromatic heterocycles. The number of thioether (sulfide) groups is 1. The number of rotatable bonds is 11. The van der Waals surface area contributed by atoms with Crippen LogP contribution in [0.4, 0.5) is 0 Å². The van der Waals surface area contributed by atoms with Crippen LogP contribution in [-0.4, -0.2) is 38.9 Å². The lowest BCUT2D eigenvalue weighted by Gasteiger charge is -2.22. The van der Waals surface area contributed by atoms with Crippen molar-refractivity contribution in [1.82, 2.24) is 25.4 Å². The quantitative estimate of drug-likeness (QED) is 0.403. The first kappa shape index (κ1) is 25.5. The largest absolute Gasteiger partial charge is 0.355 e. The molecule has 2 aromatic carbocycles. The summed E-state index contributed by atoms with van der Waals surface area (Å²) in [6, 6.07) is 17.3. The molecule has 0 saturated carbocycles. The SMILES string of the molecule is CCn1c(SCC(=O)NCCc2ccccc2)nnc1[C@H](NC(=O)c1ccc(C)cc1)C(C)C. The fourth-order valence-corrected chi connectivity index (χ4v) is 4.40. The molecule has 0 saturated heterocycles. The molecule has 34 heavy (non-hydrogen) atoms. The summed E-state index contributed by atoms with van der Waals surface area (Å²) >= 11 is 1.36. The van der Waals surface area contributed by atoms with Gasteiger partial charge < -0.3 is 15.2 Å². The van der Waals surface area contributed by atoms with E-state index in [1.165, 1.54) is 17.3 Å². The van der Waals surface area contributed by atoms with E-state index in [4.69, 9.17) is 0 Å². The van der Waals surface area contributed by atoms with Crippen molar-refractivity contribution in [1.29, 1.82) is 0 Å². The molecule has 0 aliphatic rings. The summed E-state index contributed by atoms with van der Waals surface area (Å²) in [7, 11) is 0. The molecule has 1 heterocycles. The van der Waals surface area contributed by atoms with Gasteiger partial charge in [0.2, 0.25) is 5.91 Å². The van der Waals surface area contributed by atoms with Crippen molar-refractivity contribution in [2.45, 2.75) is 51.9 Å². The minimum Gasteiger partial charge on any atom is -0.355 e. The van der Waals surface area contributed by atoms with E-state index in [-0.39, 0.29) is 29.5 Å². The molecule has 7 nitrogen and oxygen atoms in total. The summed E-state index contributed by atoms with van der Waals surface area (Å²) in [5, 5.41) is 15.5. The molecule has 180 valence electrons. The summed E-state index contributed by atoms with van der Waals surface area (Å²) < 4.78 is 1.97. The number of carbonyl (C=O) groups excluding carboxylic acids is 2. The van der Waals surface area contributed by atoms with Crippen molar-refractivity contribution >= 4 is 23.6 Å². The summed E-state index contributed by atoms with van der Waals surface area (Å²) in [6.07, 6.45) is 0.795. The maximum absolute atomic E-state index is 12.8. The van der Waals surface area contributed by atoms with Crippen LogP contribution < -0.4 is 10.6 Å². The van der Waals surface area contributed by atoms with Crippen molar-refractivity contribution in [3.63, 3.8) is 0 Å². The van der Waals surface area contributed by atoms with Crippen LogP contribution in [0, 0.1) is 12.8 Å². The monoisotopic (exact) mass is 479 g/mol. The Hall–Kier alpha value is -3.13. The molecule has 0 unspecified atom stereocenters.